The van der Waals surface area contributed by atoms with Crippen LogP contribution in [-0.4, -0.2) is 78.7 Å². The van der Waals surface area contributed by atoms with Crippen molar-refractivity contribution in [3.8, 4) is 5.75 Å². The number of hydrogen-bond donors (Lipinski definition) is 2. The van der Waals surface area contributed by atoms with Crippen LogP contribution in [0.3, 0.4) is 0 Å². The fourth-order valence-corrected chi connectivity index (χ4v) is 5.07. The zero-order valence-electron chi connectivity index (χ0n) is 18.5. The Morgan fingerprint density at radius 1 is 1.16 bits per heavy atom. The van der Waals surface area contributed by atoms with Gasteiger partial charge in [-0.25, -0.2) is 9.38 Å². The van der Waals surface area contributed by atoms with E-state index in [4.69, 9.17) is 16.2 Å². The molecule has 4 N–H and O–H groups in total. The zero-order chi connectivity index (χ0) is 21.8. The Morgan fingerprint density at radius 3 is 2.55 bits per heavy atom. The van der Waals surface area contributed by atoms with Crippen LogP contribution in [0.2, 0.25) is 0 Å². The molecule has 1 unspecified atom stereocenters. The lowest BCUT2D eigenvalue weighted by atomic mass is 9.70. The molecule has 1 aromatic rings. The number of amidine groups is 1. The van der Waals surface area contributed by atoms with Gasteiger partial charge in [-0.1, -0.05) is 0 Å². The van der Waals surface area contributed by atoms with Gasteiger partial charge in [-0.2, -0.15) is 0 Å². The monoisotopic (exact) mass is 430 g/mol. The Hall–Kier alpha value is -2.03. The van der Waals surface area contributed by atoms with Crippen molar-refractivity contribution >= 4 is 11.4 Å². The lowest BCUT2D eigenvalue weighted by Crippen LogP contribution is -2.55. The largest absolute Gasteiger partial charge is 0.489 e. The molecule has 2 fully saturated rings. The molecule has 1 aromatic heterocycles. The average molecular weight is 431 g/mol. The van der Waals surface area contributed by atoms with Crippen molar-refractivity contribution < 1.29 is 9.13 Å². The fourth-order valence-electron chi connectivity index (χ4n) is 5.07. The molecule has 3 aliphatic rings. The maximum absolute atomic E-state index is 12.7. The summed E-state index contributed by atoms with van der Waals surface area (Å²) in [4.78, 5) is 13.5. The molecule has 0 spiro atoms. The van der Waals surface area contributed by atoms with Gasteiger partial charge in [0.1, 0.15) is 24.4 Å². The summed E-state index contributed by atoms with van der Waals surface area (Å²) in [6, 6.07) is 3.96. The second kappa shape index (κ2) is 9.63. The molecular formula is C23H35FN6O. The molecule has 7 nitrogen and oxygen atoms in total. The topological polar surface area (TPSA) is 93.0 Å². The predicted octanol–water partition coefficient (Wildman–Crippen LogP) is 2.04. The molecule has 1 atom stereocenters. The predicted molar refractivity (Wildman–Crippen MR) is 122 cm³/mol. The van der Waals surface area contributed by atoms with Gasteiger partial charge in [0.15, 0.2) is 0 Å². The maximum Gasteiger partial charge on any atom is 0.138 e. The summed E-state index contributed by atoms with van der Waals surface area (Å²) < 4.78 is 18.9. The van der Waals surface area contributed by atoms with Gasteiger partial charge in [0.25, 0.3) is 0 Å². The van der Waals surface area contributed by atoms with E-state index in [1.807, 2.05) is 12.1 Å². The maximum atomic E-state index is 12.7. The number of pyridine rings is 1. The van der Waals surface area contributed by atoms with E-state index in [9.17, 15) is 4.39 Å². The number of halogens is 1. The summed E-state index contributed by atoms with van der Waals surface area (Å²) in [6.45, 7) is 4.02. The number of nitrogens with two attached hydrogens (primary N) is 2. The van der Waals surface area contributed by atoms with Gasteiger partial charge in [-0.3, -0.25) is 4.98 Å². The van der Waals surface area contributed by atoms with Gasteiger partial charge in [-0.15, -0.1) is 0 Å². The minimum absolute atomic E-state index is 0.241. The molecule has 4 rings (SSSR count). The number of piperidine rings is 2. The van der Waals surface area contributed by atoms with E-state index in [-0.39, 0.29) is 18.7 Å². The summed E-state index contributed by atoms with van der Waals surface area (Å²) in [7, 11) is 2.14. The van der Waals surface area contributed by atoms with Crippen molar-refractivity contribution in [1.29, 1.82) is 0 Å². The van der Waals surface area contributed by atoms with Crippen LogP contribution in [0.15, 0.2) is 29.5 Å². The van der Waals surface area contributed by atoms with Crippen molar-refractivity contribution in [2.75, 3.05) is 46.4 Å². The van der Waals surface area contributed by atoms with Gasteiger partial charge >= 0.3 is 0 Å². The van der Waals surface area contributed by atoms with E-state index in [1.54, 1.807) is 12.4 Å². The lowest BCUT2D eigenvalue weighted by molar-refractivity contribution is 0.114. The van der Waals surface area contributed by atoms with Crippen LogP contribution in [0.1, 0.15) is 37.8 Å². The second-order valence-electron chi connectivity index (χ2n) is 9.18. The summed E-state index contributed by atoms with van der Waals surface area (Å²) in [6.07, 6.45) is 8.23. The third-order valence-corrected chi connectivity index (χ3v) is 7.03. The highest BCUT2D eigenvalue weighted by Gasteiger charge is 2.43. The first-order valence-electron chi connectivity index (χ1n) is 11.4. The number of ether oxygens (including phenoxy) is 1. The summed E-state index contributed by atoms with van der Waals surface area (Å²) in [5.74, 6) is 1.60. The average Bonchev–Trinajstić information content (AvgIpc) is 2.77. The molecule has 4 heterocycles. The Kier molecular flexibility index (Phi) is 6.89. The number of likely N-dealkylation sites (tertiary alicyclic amines) is 2. The molecule has 0 aromatic carbocycles. The Labute approximate surface area is 184 Å². The van der Waals surface area contributed by atoms with E-state index in [1.165, 1.54) is 0 Å². The van der Waals surface area contributed by atoms with Crippen LogP contribution in [0.25, 0.3) is 5.57 Å². The number of rotatable bonds is 6. The summed E-state index contributed by atoms with van der Waals surface area (Å²) in [5.41, 5.74) is 14.2. The molecule has 2 saturated heterocycles. The Balaban J connectivity index is 1.47. The molecule has 8 heteroatoms. The minimum atomic E-state index is -0.614. The Bertz CT molecular complexity index is 797. The Morgan fingerprint density at radius 2 is 1.90 bits per heavy atom. The van der Waals surface area contributed by atoms with Gasteiger partial charge in [0.05, 0.1) is 17.4 Å². The fraction of sp³-hybridized carbons (Fsp3) is 0.652. The first-order valence-corrected chi connectivity index (χ1v) is 11.4. The SMILES string of the molecule is CN1CCC(Oc2ccc(C3=CN=C(N)CC3(N)C3CCN(CCF)CC3)nc2)CC1. The van der Waals surface area contributed by atoms with Gasteiger partial charge in [0.2, 0.25) is 0 Å². The number of hydrogen-bond acceptors (Lipinski definition) is 7. The van der Waals surface area contributed by atoms with E-state index in [0.717, 1.165) is 68.9 Å². The molecular weight excluding hydrogens is 395 g/mol. The molecule has 0 amide bonds. The van der Waals surface area contributed by atoms with Crippen LogP contribution in [0, 0.1) is 5.92 Å². The minimum Gasteiger partial charge on any atom is -0.489 e. The molecule has 0 aliphatic carbocycles. The van der Waals surface area contributed by atoms with Crippen molar-refractivity contribution in [3.05, 3.63) is 30.2 Å². The van der Waals surface area contributed by atoms with Crippen LogP contribution < -0.4 is 16.2 Å². The van der Waals surface area contributed by atoms with E-state index < -0.39 is 5.54 Å². The number of aromatic nitrogens is 1. The number of aliphatic imine (C=N–C) groups is 1. The molecule has 0 bridgehead atoms. The summed E-state index contributed by atoms with van der Waals surface area (Å²) in [5, 5.41) is 0. The normalized spacial score (nSPS) is 27.1. The highest BCUT2D eigenvalue weighted by Crippen LogP contribution is 2.40. The van der Waals surface area contributed by atoms with Gasteiger partial charge < -0.3 is 26.0 Å². The van der Waals surface area contributed by atoms with E-state index in [0.29, 0.717) is 18.8 Å². The number of nitrogens with zero attached hydrogens (tertiary/aromatic N) is 4. The zero-order valence-corrected chi connectivity index (χ0v) is 18.5. The van der Waals surface area contributed by atoms with Crippen LogP contribution in [0.5, 0.6) is 5.75 Å². The van der Waals surface area contributed by atoms with Crippen molar-refractivity contribution in [3.63, 3.8) is 0 Å². The first kappa shape index (κ1) is 22.2. The van der Waals surface area contributed by atoms with E-state index >= 15 is 0 Å². The molecule has 0 radical (unpaired) electrons. The molecule has 0 saturated carbocycles. The van der Waals surface area contributed by atoms with Crippen molar-refractivity contribution in [2.24, 2.45) is 22.4 Å². The smallest absolute Gasteiger partial charge is 0.138 e. The lowest BCUT2D eigenvalue weighted by Gasteiger charge is -2.44. The first-order chi connectivity index (χ1) is 15.0. The standard InChI is InChI=1S/C23H35FN6O/c1-29-9-6-18(7-10-29)31-19-2-3-21(27-15-19)20-16-28-22(25)14-23(20,26)17-4-11-30(12-5-17)13-8-24/h2-3,15-18H,4-14,26H2,1H3,(H2,25,28). The third kappa shape index (κ3) is 5.07. The van der Waals surface area contributed by atoms with Gasteiger partial charge in [-0.05, 0) is 63.9 Å². The quantitative estimate of drug-likeness (QED) is 0.717. The second-order valence-corrected chi connectivity index (χ2v) is 9.18. The van der Waals surface area contributed by atoms with Crippen LogP contribution >= 0.6 is 0 Å². The summed E-state index contributed by atoms with van der Waals surface area (Å²) >= 11 is 0. The van der Waals surface area contributed by atoms with Gasteiger partial charge in [0, 0.05) is 37.8 Å². The molecule has 31 heavy (non-hydrogen) atoms. The van der Waals surface area contributed by atoms with E-state index in [2.05, 4.69) is 26.8 Å². The highest BCUT2D eigenvalue weighted by atomic mass is 19.1. The van der Waals surface area contributed by atoms with Crippen LogP contribution in [-0.2, 0) is 0 Å². The highest BCUT2D eigenvalue weighted by molar-refractivity contribution is 5.90. The third-order valence-electron chi connectivity index (χ3n) is 7.03. The van der Waals surface area contributed by atoms with Crippen molar-refractivity contribution in [1.82, 2.24) is 14.8 Å². The number of alkyl halides is 1. The molecule has 3 aliphatic heterocycles. The van der Waals surface area contributed by atoms with Crippen LogP contribution in [0.4, 0.5) is 4.39 Å². The van der Waals surface area contributed by atoms with Crippen molar-refractivity contribution in [2.45, 2.75) is 43.7 Å². The molecule has 170 valence electrons.